The van der Waals surface area contributed by atoms with Gasteiger partial charge in [-0.2, -0.15) is 0 Å². The number of hydrogen-bond donors (Lipinski definition) is 1. The number of aliphatic hydroxyl groups is 1. The van der Waals surface area contributed by atoms with Crippen LogP contribution in [0.5, 0.6) is 0 Å². The van der Waals surface area contributed by atoms with Gasteiger partial charge in [-0.05, 0) is 41.5 Å². The number of hydrogen-bond acceptors (Lipinski definition) is 7. The van der Waals surface area contributed by atoms with E-state index < -0.39 is 23.6 Å². The zero-order valence-corrected chi connectivity index (χ0v) is 14.3. The second-order valence-electron chi connectivity index (χ2n) is 6.61. The quantitative estimate of drug-likeness (QED) is 0.263. The second kappa shape index (κ2) is 8.02. The number of ether oxygens (including phenoxy) is 2. The lowest BCUT2D eigenvalue weighted by molar-refractivity contribution is -0.727. The molecule has 0 radical (unpaired) electrons. The van der Waals surface area contributed by atoms with E-state index in [4.69, 9.17) is 19.4 Å². The van der Waals surface area contributed by atoms with E-state index >= 15 is 0 Å². The van der Waals surface area contributed by atoms with Crippen LogP contribution in [-0.4, -0.2) is 51.8 Å². The minimum absolute atomic E-state index is 0.0845. The highest BCUT2D eigenvalue weighted by Crippen LogP contribution is 2.13. The molecule has 0 rings (SSSR count). The fourth-order valence-corrected chi connectivity index (χ4v) is 1.35. The van der Waals surface area contributed by atoms with Gasteiger partial charge in [-0.15, -0.1) is 5.01 Å². The van der Waals surface area contributed by atoms with E-state index in [-0.39, 0.29) is 18.1 Å². The van der Waals surface area contributed by atoms with Crippen molar-refractivity contribution in [3.8, 4) is 0 Å². The molecule has 22 heavy (non-hydrogen) atoms. The highest BCUT2D eigenvalue weighted by molar-refractivity contribution is 5.60. The van der Waals surface area contributed by atoms with Gasteiger partial charge in [0.1, 0.15) is 12.1 Å². The van der Waals surface area contributed by atoms with E-state index in [1.54, 1.807) is 41.5 Å². The normalized spacial score (nSPS) is 14.3. The van der Waals surface area contributed by atoms with Crippen LogP contribution in [0.2, 0.25) is 0 Å². The summed E-state index contributed by atoms with van der Waals surface area (Å²) in [7, 11) is 0. The maximum Gasteiger partial charge on any atom is 0.511 e. The Bertz CT molecular complexity index is 386. The molecule has 0 aromatic rings. The summed E-state index contributed by atoms with van der Waals surface area (Å²) in [5.41, 5.74) is -1.25. The van der Waals surface area contributed by atoms with Crippen LogP contribution in [0.4, 0.5) is 4.79 Å². The van der Waals surface area contributed by atoms with Crippen molar-refractivity contribution in [1.82, 2.24) is 5.01 Å². The number of rotatable bonds is 6. The Labute approximate surface area is 131 Å². The standard InChI is InChI=1S/C13H27N3O6/c1-10(20-11(18)21-13(5,6)7)22-14-16(19)15(8-9-17)12(2,3)4/h10,17H,8-9H2,1-7H3. The average molecular weight is 321 g/mol. The van der Waals surface area contributed by atoms with Gasteiger partial charge in [-0.25, -0.2) is 4.79 Å². The predicted octanol–water partition coefficient (Wildman–Crippen LogP) is 2.19. The third-order valence-corrected chi connectivity index (χ3v) is 2.21. The van der Waals surface area contributed by atoms with Crippen molar-refractivity contribution in [2.24, 2.45) is 5.28 Å². The smallest absolute Gasteiger partial charge is 0.511 e. The molecule has 130 valence electrons. The first kappa shape index (κ1) is 20.2. The van der Waals surface area contributed by atoms with Crippen molar-refractivity contribution in [2.45, 2.75) is 65.9 Å². The third kappa shape index (κ3) is 8.50. The predicted molar refractivity (Wildman–Crippen MR) is 77.5 cm³/mol. The summed E-state index contributed by atoms with van der Waals surface area (Å²) in [6, 6.07) is 0. The SMILES string of the molecule is CC(ON=[N+]([O-])N(CCO)C(C)(C)C)OC(=O)OC(C)(C)C. The molecular weight excluding hydrogens is 294 g/mol. The van der Waals surface area contributed by atoms with Gasteiger partial charge in [0.25, 0.3) is 6.29 Å². The molecular formula is C13H27N3O6. The van der Waals surface area contributed by atoms with E-state index in [2.05, 4.69) is 5.28 Å². The van der Waals surface area contributed by atoms with Crippen molar-refractivity contribution in [2.75, 3.05) is 13.2 Å². The number of carbonyl (C=O) groups is 1. The molecule has 0 spiro atoms. The highest BCUT2D eigenvalue weighted by atomic mass is 16.8. The second-order valence-corrected chi connectivity index (χ2v) is 6.61. The summed E-state index contributed by atoms with van der Waals surface area (Å²) in [4.78, 5) is 16.4. The lowest BCUT2D eigenvalue weighted by atomic mass is 10.1. The molecule has 1 unspecified atom stereocenters. The molecule has 0 saturated carbocycles. The lowest BCUT2D eigenvalue weighted by Crippen LogP contribution is -2.47. The van der Waals surface area contributed by atoms with Gasteiger partial charge in [0.2, 0.25) is 5.28 Å². The number of carbonyl (C=O) groups excluding carboxylic acids is 1. The summed E-state index contributed by atoms with van der Waals surface area (Å²) < 4.78 is 9.73. The maximum atomic E-state index is 11.9. The first-order valence-electron chi connectivity index (χ1n) is 6.99. The molecule has 0 aliphatic heterocycles. The topological polar surface area (TPSA) is 107 Å². The first-order chi connectivity index (χ1) is 9.86. The Morgan fingerprint density at radius 1 is 1.32 bits per heavy atom. The minimum Gasteiger partial charge on any atom is -0.569 e. The molecule has 0 bridgehead atoms. The average Bonchev–Trinajstić information content (AvgIpc) is 2.28. The van der Waals surface area contributed by atoms with Crippen LogP contribution in [-0.2, 0) is 14.3 Å². The van der Waals surface area contributed by atoms with Crippen molar-refractivity contribution >= 4 is 6.16 Å². The van der Waals surface area contributed by atoms with Crippen LogP contribution < -0.4 is 0 Å². The molecule has 0 fully saturated rings. The fraction of sp³-hybridized carbons (Fsp3) is 0.923. The molecule has 0 aliphatic carbocycles. The Kier molecular flexibility index (Phi) is 7.37. The van der Waals surface area contributed by atoms with Crippen LogP contribution in [0.1, 0.15) is 48.5 Å². The van der Waals surface area contributed by atoms with Crippen LogP contribution in [0.25, 0.3) is 0 Å². The molecule has 0 saturated heterocycles. The van der Waals surface area contributed by atoms with Crippen molar-refractivity contribution in [3.05, 3.63) is 5.21 Å². The van der Waals surface area contributed by atoms with Crippen LogP contribution in [0.3, 0.4) is 0 Å². The highest BCUT2D eigenvalue weighted by Gasteiger charge is 2.29. The summed E-state index contributed by atoms with van der Waals surface area (Å²) in [5.74, 6) is 0. The van der Waals surface area contributed by atoms with Crippen LogP contribution >= 0.6 is 0 Å². The largest absolute Gasteiger partial charge is 0.569 e. The summed E-state index contributed by atoms with van der Waals surface area (Å²) in [6.45, 7) is 11.7. The number of aliphatic hydroxyl groups excluding tert-OH is 1. The summed E-state index contributed by atoms with van der Waals surface area (Å²) in [5, 5.41) is 25.4. The van der Waals surface area contributed by atoms with Gasteiger partial charge < -0.3 is 19.8 Å². The monoisotopic (exact) mass is 321 g/mol. The molecule has 0 aromatic heterocycles. The number of β-amino-alcohol motifs (C(OH)–C–C–N with tert-alkyl or cyclic N) is 1. The molecule has 0 heterocycles. The van der Waals surface area contributed by atoms with Crippen LogP contribution in [0, 0.1) is 5.21 Å². The Hall–Kier alpha value is -1.77. The van der Waals surface area contributed by atoms with E-state index in [9.17, 15) is 10.0 Å². The maximum absolute atomic E-state index is 11.9. The van der Waals surface area contributed by atoms with Crippen molar-refractivity contribution in [3.63, 3.8) is 0 Å². The molecule has 0 amide bonds. The molecule has 9 nitrogen and oxygen atoms in total. The minimum atomic E-state index is -1.10. The van der Waals surface area contributed by atoms with Crippen molar-refractivity contribution < 1.29 is 29.2 Å². The van der Waals surface area contributed by atoms with Gasteiger partial charge in [0, 0.05) is 6.92 Å². The van der Waals surface area contributed by atoms with E-state index in [0.29, 0.717) is 0 Å². The Morgan fingerprint density at radius 2 is 1.86 bits per heavy atom. The van der Waals surface area contributed by atoms with Crippen LogP contribution in [0.15, 0.2) is 5.28 Å². The number of nitrogens with zero attached hydrogens (tertiary/aromatic N) is 3. The van der Waals surface area contributed by atoms with E-state index in [1.807, 2.05) is 0 Å². The molecule has 0 aliphatic rings. The summed E-state index contributed by atoms with van der Waals surface area (Å²) >= 11 is 0. The fourth-order valence-electron chi connectivity index (χ4n) is 1.35. The molecule has 1 atom stereocenters. The van der Waals surface area contributed by atoms with Gasteiger partial charge in [-0.3, -0.25) is 4.84 Å². The molecule has 1 N–H and O–H groups in total. The zero-order valence-electron chi connectivity index (χ0n) is 14.3. The van der Waals surface area contributed by atoms with E-state index in [1.165, 1.54) is 11.9 Å². The molecule has 0 aromatic carbocycles. The molecule has 9 heteroatoms. The van der Waals surface area contributed by atoms with Gasteiger partial charge in [0.05, 0.1) is 17.1 Å². The third-order valence-electron chi connectivity index (χ3n) is 2.21. The van der Waals surface area contributed by atoms with Gasteiger partial charge in [0.15, 0.2) is 0 Å². The number of hydrazine groups is 1. The van der Waals surface area contributed by atoms with Crippen molar-refractivity contribution in [1.29, 1.82) is 0 Å². The lowest BCUT2D eigenvalue weighted by Gasteiger charge is -2.29. The van der Waals surface area contributed by atoms with E-state index in [0.717, 1.165) is 0 Å². The summed E-state index contributed by atoms with van der Waals surface area (Å²) in [6.07, 6.45) is -2.02. The Morgan fingerprint density at radius 3 is 2.27 bits per heavy atom. The first-order valence-corrected chi connectivity index (χ1v) is 6.99. The Balaban J connectivity index is 4.58. The zero-order chi connectivity index (χ0) is 17.6. The van der Waals surface area contributed by atoms with Gasteiger partial charge >= 0.3 is 6.16 Å². The van der Waals surface area contributed by atoms with Gasteiger partial charge in [-0.1, -0.05) is 0 Å².